The van der Waals surface area contributed by atoms with Crippen molar-refractivity contribution in [2.24, 2.45) is 0 Å². The number of aryl methyl sites for hydroxylation is 1. The first-order chi connectivity index (χ1) is 5.29. The normalized spacial score (nSPS) is 10.8. The Kier molecular flexibility index (Phi) is 3.17. The smallest absolute Gasteiger partial charge is 0.0231 e. The van der Waals surface area contributed by atoms with E-state index in [1.165, 1.54) is 6.42 Å². The van der Waals surface area contributed by atoms with Crippen molar-refractivity contribution in [1.29, 1.82) is 0 Å². The standard InChI is InChI=1S/C9H16N2/c1-10(2)6-5-9-11-7-3-4-8-11/h3-4,7-8H,5-6,9H2,1-2H3. The lowest BCUT2D eigenvalue weighted by Gasteiger charge is -2.08. The van der Waals surface area contributed by atoms with Crippen LogP contribution in [0.1, 0.15) is 6.42 Å². The largest absolute Gasteiger partial charge is 0.354 e. The van der Waals surface area contributed by atoms with Crippen LogP contribution in [0.25, 0.3) is 0 Å². The molecule has 1 heterocycles. The van der Waals surface area contributed by atoms with Crippen LogP contribution in [-0.2, 0) is 6.54 Å². The van der Waals surface area contributed by atoms with Gasteiger partial charge in [0.15, 0.2) is 0 Å². The molecule has 0 N–H and O–H groups in total. The molecule has 0 atom stereocenters. The molecular formula is C9H16N2. The quantitative estimate of drug-likeness (QED) is 0.634. The van der Waals surface area contributed by atoms with Crippen molar-refractivity contribution in [2.75, 3.05) is 20.6 Å². The van der Waals surface area contributed by atoms with Gasteiger partial charge in [-0.05, 0) is 39.2 Å². The molecule has 0 unspecified atom stereocenters. The maximum atomic E-state index is 2.21. The molecule has 0 aromatic carbocycles. The SMILES string of the molecule is CN(C)CCCn1cccc1. The maximum Gasteiger partial charge on any atom is 0.0231 e. The van der Waals surface area contributed by atoms with E-state index >= 15 is 0 Å². The van der Waals surface area contributed by atoms with Gasteiger partial charge >= 0.3 is 0 Å². The zero-order chi connectivity index (χ0) is 8.10. The van der Waals surface area contributed by atoms with E-state index in [0.29, 0.717) is 0 Å². The molecule has 2 nitrogen and oxygen atoms in total. The molecule has 0 bridgehead atoms. The fourth-order valence-corrected chi connectivity index (χ4v) is 1.09. The van der Waals surface area contributed by atoms with Gasteiger partial charge in [0.25, 0.3) is 0 Å². The van der Waals surface area contributed by atoms with Crippen LogP contribution in [0.15, 0.2) is 24.5 Å². The lowest BCUT2D eigenvalue weighted by molar-refractivity contribution is 0.386. The topological polar surface area (TPSA) is 8.17 Å². The summed E-state index contributed by atoms with van der Waals surface area (Å²) in [4.78, 5) is 2.21. The van der Waals surface area contributed by atoms with E-state index in [9.17, 15) is 0 Å². The Labute approximate surface area is 68.4 Å². The van der Waals surface area contributed by atoms with E-state index in [4.69, 9.17) is 0 Å². The van der Waals surface area contributed by atoms with E-state index < -0.39 is 0 Å². The van der Waals surface area contributed by atoms with Crippen molar-refractivity contribution in [2.45, 2.75) is 13.0 Å². The third-order valence-corrected chi connectivity index (χ3v) is 1.69. The molecule has 0 aliphatic heterocycles. The first-order valence-corrected chi connectivity index (χ1v) is 4.04. The third kappa shape index (κ3) is 3.23. The molecule has 1 aromatic rings. The summed E-state index contributed by atoms with van der Waals surface area (Å²) >= 11 is 0. The molecule has 0 amide bonds. The number of rotatable bonds is 4. The third-order valence-electron chi connectivity index (χ3n) is 1.69. The lowest BCUT2D eigenvalue weighted by Crippen LogP contribution is -2.14. The summed E-state index contributed by atoms with van der Waals surface area (Å²) in [5, 5.41) is 0. The van der Waals surface area contributed by atoms with Crippen LogP contribution >= 0.6 is 0 Å². The molecular weight excluding hydrogens is 136 g/mol. The van der Waals surface area contributed by atoms with E-state index in [2.05, 4.69) is 48.1 Å². The van der Waals surface area contributed by atoms with Gasteiger partial charge in [0.2, 0.25) is 0 Å². The molecule has 62 valence electrons. The Bertz CT molecular complexity index is 177. The summed E-state index contributed by atoms with van der Waals surface area (Å²) in [6, 6.07) is 4.13. The van der Waals surface area contributed by atoms with Crippen LogP contribution in [0.3, 0.4) is 0 Å². The monoisotopic (exact) mass is 152 g/mol. The van der Waals surface area contributed by atoms with Crippen LogP contribution in [-0.4, -0.2) is 30.1 Å². The number of hydrogen-bond donors (Lipinski definition) is 0. The van der Waals surface area contributed by atoms with Gasteiger partial charge in [-0.15, -0.1) is 0 Å². The van der Waals surface area contributed by atoms with E-state index in [1.54, 1.807) is 0 Å². The second-order valence-corrected chi connectivity index (χ2v) is 3.08. The average molecular weight is 152 g/mol. The van der Waals surface area contributed by atoms with Crippen LogP contribution < -0.4 is 0 Å². The molecule has 0 aliphatic carbocycles. The molecule has 2 heteroatoms. The van der Waals surface area contributed by atoms with Crippen LogP contribution in [0, 0.1) is 0 Å². The molecule has 1 rings (SSSR count). The Balaban J connectivity index is 2.14. The van der Waals surface area contributed by atoms with Crippen molar-refractivity contribution >= 4 is 0 Å². The van der Waals surface area contributed by atoms with Crippen molar-refractivity contribution in [3.8, 4) is 0 Å². The maximum absolute atomic E-state index is 2.21. The van der Waals surface area contributed by atoms with Gasteiger partial charge in [0.1, 0.15) is 0 Å². The van der Waals surface area contributed by atoms with Gasteiger partial charge in [-0.25, -0.2) is 0 Å². The minimum Gasteiger partial charge on any atom is -0.354 e. The summed E-state index contributed by atoms with van der Waals surface area (Å²) in [7, 11) is 4.21. The van der Waals surface area contributed by atoms with Crippen molar-refractivity contribution in [3.63, 3.8) is 0 Å². The highest BCUT2D eigenvalue weighted by Crippen LogP contribution is 1.93. The van der Waals surface area contributed by atoms with Gasteiger partial charge in [0, 0.05) is 18.9 Å². The van der Waals surface area contributed by atoms with Crippen molar-refractivity contribution in [1.82, 2.24) is 9.47 Å². The Hall–Kier alpha value is -0.760. The second kappa shape index (κ2) is 4.19. The van der Waals surface area contributed by atoms with Gasteiger partial charge in [0.05, 0.1) is 0 Å². The average Bonchev–Trinajstić information content (AvgIpc) is 2.39. The summed E-state index contributed by atoms with van der Waals surface area (Å²) in [6.45, 7) is 2.30. The molecule has 1 aromatic heterocycles. The first-order valence-electron chi connectivity index (χ1n) is 4.04. The predicted octanol–water partition coefficient (Wildman–Crippen LogP) is 1.44. The fourth-order valence-electron chi connectivity index (χ4n) is 1.09. The molecule has 0 fully saturated rings. The van der Waals surface area contributed by atoms with Gasteiger partial charge in [-0.1, -0.05) is 0 Å². The summed E-state index contributed by atoms with van der Waals surface area (Å²) < 4.78 is 2.21. The second-order valence-electron chi connectivity index (χ2n) is 3.08. The molecule has 0 saturated carbocycles. The minimum absolute atomic E-state index is 1.13. The van der Waals surface area contributed by atoms with Crippen LogP contribution in [0.5, 0.6) is 0 Å². The number of aromatic nitrogens is 1. The molecule has 0 radical (unpaired) electrons. The Morgan fingerprint density at radius 2 is 1.82 bits per heavy atom. The fraction of sp³-hybridized carbons (Fsp3) is 0.556. The highest BCUT2D eigenvalue weighted by atomic mass is 15.1. The van der Waals surface area contributed by atoms with Crippen molar-refractivity contribution in [3.05, 3.63) is 24.5 Å². The van der Waals surface area contributed by atoms with Crippen molar-refractivity contribution < 1.29 is 0 Å². The highest BCUT2D eigenvalue weighted by molar-refractivity contribution is 4.89. The summed E-state index contributed by atoms with van der Waals surface area (Å²) in [6.07, 6.45) is 5.44. The van der Waals surface area contributed by atoms with Gasteiger partial charge < -0.3 is 9.47 Å². The zero-order valence-electron chi connectivity index (χ0n) is 7.33. The number of nitrogens with zero attached hydrogens (tertiary/aromatic N) is 2. The highest BCUT2D eigenvalue weighted by Gasteiger charge is 1.90. The Morgan fingerprint density at radius 1 is 1.18 bits per heavy atom. The Morgan fingerprint density at radius 3 is 2.36 bits per heavy atom. The molecule has 0 saturated heterocycles. The molecule has 0 spiro atoms. The molecule has 11 heavy (non-hydrogen) atoms. The zero-order valence-corrected chi connectivity index (χ0v) is 7.33. The molecule has 0 aliphatic rings. The summed E-state index contributed by atoms with van der Waals surface area (Å²) in [5.74, 6) is 0. The van der Waals surface area contributed by atoms with Crippen LogP contribution in [0.4, 0.5) is 0 Å². The van der Waals surface area contributed by atoms with E-state index in [-0.39, 0.29) is 0 Å². The predicted molar refractivity (Wildman–Crippen MR) is 47.6 cm³/mol. The summed E-state index contributed by atoms with van der Waals surface area (Å²) in [5.41, 5.74) is 0. The van der Waals surface area contributed by atoms with Gasteiger partial charge in [-0.2, -0.15) is 0 Å². The number of hydrogen-bond acceptors (Lipinski definition) is 1. The first kappa shape index (κ1) is 8.34. The van der Waals surface area contributed by atoms with E-state index in [1.807, 2.05) is 0 Å². The van der Waals surface area contributed by atoms with Crippen LogP contribution in [0.2, 0.25) is 0 Å². The van der Waals surface area contributed by atoms with Gasteiger partial charge in [-0.3, -0.25) is 0 Å². The minimum atomic E-state index is 1.13. The van der Waals surface area contributed by atoms with E-state index in [0.717, 1.165) is 13.1 Å². The lowest BCUT2D eigenvalue weighted by atomic mass is 10.4.